The Labute approximate surface area is 296 Å². The smallest absolute Gasteiger partial charge is 0 e. The Kier molecular flexibility index (Phi) is 41.9. The summed E-state index contributed by atoms with van der Waals surface area (Å²) in [6.45, 7) is 32.5. The van der Waals surface area contributed by atoms with Gasteiger partial charge in [-0.15, -0.1) is 0 Å². The fourth-order valence-corrected chi connectivity index (χ4v) is 8.80. The molecule has 0 N–H and O–H groups in total. The summed E-state index contributed by atoms with van der Waals surface area (Å²) in [4.78, 5) is 0. The third kappa shape index (κ3) is 25.5. The van der Waals surface area contributed by atoms with Crippen LogP contribution in [0.1, 0.15) is 20.8 Å². The van der Waals surface area contributed by atoms with Crippen molar-refractivity contribution in [2.45, 2.75) is 20.8 Å². The molecule has 9 heteroatoms. The second kappa shape index (κ2) is 36.1. The molecule has 0 amide bonds. The van der Waals surface area contributed by atoms with Crippen molar-refractivity contribution in [3.8, 4) is 0 Å². The maximum absolute atomic E-state index is 7.50. The summed E-state index contributed by atoms with van der Waals surface area (Å²) in [6, 6.07) is 44.2. The molecule has 0 saturated carbocycles. The largest absolute Gasteiger partial charge is 0.338 e. The Morgan fingerprint density at radius 1 is 0.444 bits per heavy atom. The number of rotatable bonds is 7. The van der Waals surface area contributed by atoms with E-state index in [0.717, 1.165) is 0 Å². The van der Waals surface area contributed by atoms with Gasteiger partial charge < -0.3 is 6.92 Å². The second-order valence-electron chi connectivity index (χ2n) is 9.21. The van der Waals surface area contributed by atoms with Crippen molar-refractivity contribution in [1.29, 1.82) is 0 Å². The van der Waals surface area contributed by atoms with Crippen LogP contribution in [0.3, 0.4) is 0 Å². The van der Waals surface area contributed by atoms with Gasteiger partial charge in [0.25, 0.3) is 0 Å². The Morgan fingerprint density at radius 2 is 0.578 bits per heavy atom. The molecule has 0 aliphatic carbocycles. The Morgan fingerprint density at radius 3 is 0.711 bits per heavy atom. The molecule has 1 radical (unpaired) electrons. The summed E-state index contributed by atoms with van der Waals surface area (Å²) in [6.07, 6.45) is 2.41. The number of benzene rings is 4. The van der Waals surface area contributed by atoms with E-state index in [4.69, 9.17) is 23.3 Å². The van der Waals surface area contributed by atoms with Crippen molar-refractivity contribution >= 4 is 37.1 Å². The molecule has 5 nitrogen and oxygen atoms in total. The topological polar surface area (TPSA) is 99.5 Å². The van der Waals surface area contributed by atoms with Crippen LogP contribution in [0, 0.1) is 45.6 Å². The molecule has 4 aromatic carbocycles. The van der Waals surface area contributed by atoms with Crippen molar-refractivity contribution in [2.24, 2.45) is 5.41 Å². The van der Waals surface area contributed by atoms with E-state index in [1.807, 2.05) is 0 Å². The van der Waals surface area contributed by atoms with Crippen LogP contribution in [0.25, 0.3) is 0 Å². The molecule has 45 heavy (non-hydrogen) atoms. The summed E-state index contributed by atoms with van der Waals surface area (Å²) in [5.74, 6) is 0. The Balaban J connectivity index is -0.000000272. The molecule has 0 atom stereocenters. The van der Waals surface area contributed by atoms with Gasteiger partial charge in [0.1, 0.15) is 0 Å². The quantitative estimate of drug-likeness (QED) is 0.0835. The maximum Gasteiger partial charge on any atom is 0 e. The normalized spacial score (nSPS) is 8.44. The molecule has 0 unspecified atom stereocenters. The summed E-state index contributed by atoms with van der Waals surface area (Å²) in [5, 5.41) is 5.89. The van der Waals surface area contributed by atoms with Gasteiger partial charge in [0.05, 0.1) is 0 Å². The zero-order valence-corrected chi connectivity index (χ0v) is 30.5. The fourth-order valence-electron chi connectivity index (χ4n) is 3.45. The third-order valence-corrected chi connectivity index (χ3v) is 10.2. The Hall–Kier alpha value is -2.35. The summed E-state index contributed by atoms with van der Waals surface area (Å²) >= 11 is 0. The average Bonchev–Trinajstić information content (AvgIpc) is 3.09. The molecular formula is C36H35MnO5P2Pt-. The first-order valence-electron chi connectivity index (χ1n) is 12.5. The zero-order valence-electron chi connectivity index (χ0n) is 25.3. The van der Waals surface area contributed by atoms with Gasteiger partial charge in [-0.2, -0.15) is 5.41 Å². The van der Waals surface area contributed by atoms with E-state index in [2.05, 4.69) is 182 Å². The van der Waals surface area contributed by atoms with Crippen molar-refractivity contribution in [3.05, 3.63) is 162 Å². The number of hydrogen-bond acceptors (Lipinski definition) is 0. The van der Waals surface area contributed by atoms with Crippen molar-refractivity contribution in [1.82, 2.24) is 0 Å². The monoisotopic (exact) mass is 859 g/mol. The molecule has 0 saturated heterocycles. The minimum absolute atomic E-state index is 0. The molecule has 237 valence electrons. The van der Waals surface area contributed by atoms with Gasteiger partial charge in [0.2, 0.25) is 0 Å². The van der Waals surface area contributed by atoms with Crippen LogP contribution < -0.4 is 21.2 Å². The first kappa shape index (κ1) is 52.2. The molecular weight excluding hydrogens is 824 g/mol. The van der Waals surface area contributed by atoms with Gasteiger partial charge in [-0.05, 0) is 49.4 Å². The van der Waals surface area contributed by atoms with Gasteiger partial charge in [0.15, 0.2) is 0 Å². The SMILES string of the molecule is [C-]#[O+].[C-]#[O+].[C-]#[O+].[C-]#[O+].[C-]#[O+].[CH2-]C(C)(C)C.[Mn].[Pt].c1ccc(P(CCP(c2ccccc2)c2ccccc2)c2ccccc2)cc1. The van der Waals surface area contributed by atoms with Crippen LogP contribution in [-0.4, -0.2) is 12.3 Å². The van der Waals surface area contributed by atoms with Crippen molar-refractivity contribution in [3.63, 3.8) is 0 Å². The van der Waals surface area contributed by atoms with Crippen LogP contribution in [-0.2, 0) is 61.4 Å². The van der Waals surface area contributed by atoms with E-state index < -0.39 is 0 Å². The van der Waals surface area contributed by atoms with Crippen LogP contribution >= 0.6 is 15.8 Å². The first-order valence-corrected chi connectivity index (χ1v) is 15.6. The standard InChI is InChI=1S/C26H24P2.C5H11.5CO.Mn.Pt/c1-5-13-23(14-6-1)27(24-15-7-2-8-16-24)21-22-28(25-17-9-3-10-18-25)26-19-11-4-12-20-26;1-5(2,3)4;5*1-2;;/h1-20H,21-22H2;1H2,2-4H3;;;;;;;/q;-1;;;;;;;. The third-order valence-electron chi connectivity index (χ3n) is 4.82. The summed E-state index contributed by atoms with van der Waals surface area (Å²) in [5.41, 5.74) is 0.250. The predicted molar refractivity (Wildman–Crippen MR) is 172 cm³/mol. The van der Waals surface area contributed by atoms with Crippen molar-refractivity contribution in [2.75, 3.05) is 12.3 Å². The second-order valence-corrected chi connectivity index (χ2v) is 13.9. The molecule has 0 aromatic heterocycles. The van der Waals surface area contributed by atoms with Crippen molar-refractivity contribution < 1.29 is 61.4 Å². The first-order chi connectivity index (χ1) is 20.9. The van der Waals surface area contributed by atoms with Gasteiger partial charge in [0, 0.05) is 38.1 Å². The zero-order chi connectivity index (χ0) is 33.5. The average molecular weight is 860 g/mol. The minimum atomic E-state index is -0.348. The molecule has 4 rings (SSSR count). The predicted octanol–water partition coefficient (Wildman–Crippen LogP) is 6.93. The molecule has 0 heterocycles. The molecule has 0 aliphatic rings. The van der Waals surface area contributed by atoms with Gasteiger partial charge in [-0.1, -0.05) is 142 Å². The molecule has 0 spiro atoms. The maximum atomic E-state index is 7.50. The van der Waals surface area contributed by atoms with E-state index in [0.29, 0.717) is 0 Å². The van der Waals surface area contributed by atoms with E-state index in [-0.39, 0.29) is 59.4 Å². The van der Waals surface area contributed by atoms with Crippen LogP contribution in [0.2, 0.25) is 0 Å². The number of hydrogen-bond donors (Lipinski definition) is 0. The van der Waals surface area contributed by atoms with E-state index in [1.54, 1.807) is 0 Å². The van der Waals surface area contributed by atoms with Crippen LogP contribution in [0.15, 0.2) is 121 Å². The van der Waals surface area contributed by atoms with E-state index >= 15 is 0 Å². The van der Waals surface area contributed by atoms with Gasteiger partial charge in [-0.3, -0.25) is 0 Å². The van der Waals surface area contributed by atoms with Gasteiger partial charge in [-0.25, -0.2) is 0 Å². The molecule has 0 bridgehead atoms. The van der Waals surface area contributed by atoms with Crippen LogP contribution in [0.5, 0.6) is 0 Å². The molecule has 4 aromatic rings. The van der Waals surface area contributed by atoms with Gasteiger partial charge >= 0.3 is 56.5 Å². The molecule has 0 aliphatic heterocycles. The molecule has 0 fully saturated rings. The summed E-state index contributed by atoms with van der Waals surface area (Å²) in [7, 11) is -0.696. The van der Waals surface area contributed by atoms with E-state index in [1.165, 1.54) is 33.5 Å². The minimum Gasteiger partial charge on any atom is -0.338 e. The van der Waals surface area contributed by atoms with Crippen LogP contribution in [0.4, 0.5) is 0 Å². The van der Waals surface area contributed by atoms with E-state index in [9.17, 15) is 0 Å². The Bertz CT molecular complexity index is 1090. The summed E-state index contributed by atoms with van der Waals surface area (Å²) < 4.78 is 37.5. The fraction of sp³-hybridized carbons (Fsp3) is 0.167.